The minimum atomic E-state index is -1.20. The lowest BCUT2D eigenvalue weighted by molar-refractivity contribution is -0.0511. The summed E-state index contributed by atoms with van der Waals surface area (Å²) < 4.78 is 7.15. The van der Waals surface area contributed by atoms with Crippen LogP contribution in [0.4, 0.5) is 5.82 Å². The van der Waals surface area contributed by atoms with E-state index in [1.54, 1.807) is 4.57 Å². The molecule has 154 valence electrons. The Bertz CT molecular complexity index is 977. The fraction of sp³-hybridized carbons (Fsp3) is 0.450. The van der Waals surface area contributed by atoms with Crippen LogP contribution in [0.2, 0.25) is 0 Å². The molecule has 0 radical (unpaired) electrons. The molecule has 1 fully saturated rings. The van der Waals surface area contributed by atoms with Gasteiger partial charge in [0.25, 0.3) is 0 Å². The second kappa shape index (κ2) is 7.68. The van der Waals surface area contributed by atoms with E-state index in [9.17, 15) is 15.3 Å². The van der Waals surface area contributed by atoms with E-state index in [0.717, 1.165) is 6.42 Å². The van der Waals surface area contributed by atoms with Crippen molar-refractivity contribution in [3.05, 3.63) is 48.5 Å². The van der Waals surface area contributed by atoms with Gasteiger partial charge in [0.15, 0.2) is 23.2 Å². The first kappa shape index (κ1) is 19.7. The summed E-state index contributed by atoms with van der Waals surface area (Å²) >= 11 is 0. The Hall–Kier alpha value is -2.59. The van der Waals surface area contributed by atoms with Crippen LogP contribution in [-0.2, 0) is 11.2 Å². The Morgan fingerprint density at radius 1 is 1.10 bits per heavy atom. The molecule has 0 bridgehead atoms. The Morgan fingerprint density at radius 2 is 1.86 bits per heavy atom. The van der Waals surface area contributed by atoms with Crippen LogP contribution in [-0.4, -0.2) is 65.3 Å². The van der Waals surface area contributed by atoms with Crippen molar-refractivity contribution in [2.45, 2.75) is 50.3 Å². The molecule has 1 aliphatic rings. The van der Waals surface area contributed by atoms with Crippen LogP contribution in [0.15, 0.2) is 43.0 Å². The summed E-state index contributed by atoms with van der Waals surface area (Å²) in [6.07, 6.45) is -0.451. The van der Waals surface area contributed by atoms with Crippen LogP contribution in [0.25, 0.3) is 11.2 Å². The van der Waals surface area contributed by atoms with Crippen LogP contribution in [0.1, 0.15) is 25.6 Å². The zero-order chi connectivity index (χ0) is 20.6. The number of fused-ring (bicyclic) bond motifs is 1. The molecule has 4 atom stereocenters. The largest absolute Gasteiger partial charge is 0.394 e. The topological polar surface area (TPSA) is 126 Å². The average Bonchev–Trinajstić information content (AvgIpc) is 3.24. The minimum Gasteiger partial charge on any atom is -0.394 e. The van der Waals surface area contributed by atoms with Gasteiger partial charge >= 0.3 is 0 Å². The maximum Gasteiger partial charge on any atom is 0.167 e. The first-order valence-electron chi connectivity index (χ1n) is 9.52. The van der Waals surface area contributed by atoms with Gasteiger partial charge in [-0.05, 0) is 25.8 Å². The SMILES string of the molecule is CC(C)(Cc1ccccc1)Nc1ncnc2c1ncn2C1O[C@H](CO)[C@@H](O)[C@H]1O. The molecule has 3 aromatic rings. The highest BCUT2D eigenvalue weighted by molar-refractivity contribution is 5.83. The fourth-order valence-corrected chi connectivity index (χ4v) is 3.71. The molecule has 4 rings (SSSR count). The summed E-state index contributed by atoms with van der Waals surface area (Å²) in [5.74, 6) is 0.571. The van der Waals surface area contributed by atoms with Crippen LogP contribution in [0.3, 0.4) is 0 Å². The van der Waals surface area contributed by atoms with Crippen molar-refractivity contribution in [3.63, 3.8) is 0 Å². The highest BCUT2D eigenvalue weighted by Gasteiger charge is 2.44. The highest BCUT2D eigenvalue weighted by Crippen LogP contribution is 2.32. The third-order valence-electron chi connectivity index (χ3n) is 5.10. The van der Waals surface area contributed by atoms with Crippen molar-refractivity contribution in [2.24, 2.45) is 0 Å². The molecule has 0 spiro atoms. The molecule has 2 aromatic heterocycles. The maximum absolute atomic E-state index is 10.3. The monoisotopic (exact) mass is 399 g/mol. The van der Waals surface area contributed by atoms with E-state index >= 15 is 0 Å². The quantitative estimate of drug-likeness (QED) is 0.481. The number of aliphatic hydroxyl groups is 3. The molecule has 1 aliphatic heterocycles. The summed E-state index contributed by atoms with van der Waals surface area (Å²) in [7, 11) is 0. The van der Waals surface area contributed by atoms with Crippen molar-refractivity contribution >= 4 is 17.0 Å². The van der Waals surface area contributed by atoms with Gasteiger partial charge in [-0.3, -0.25) is 4.57 Å². The molecular weight excluding hydrogens is 374 g/mol. The highest BCUT2D eigenvalue weighted by atomic mass is 16.6. The molecule has 4 N–H and O–H groups in total. The lowest BCUT2D eigenvalue weighted by Gasteiger charge is -2.27. The Balaban J connectivity index is 1.61. The molecule has 0 saturated carbocycles. The predicted molar refractivity (Wildman–Crippen MR) is 106 cm³/mol. The van der Waals surface area contributed by atoms with Crippen molar-refractivity contribution in [1.82, 2.24) is 19.5 Å². The summed E-state index contributed by atoms with van der Waals surface area (Å²) in [6.45, 7) is 3.77. The lowest BCUT2D eigenvalue weighted by atomic mass is 9.95. The van der Waals surface area contributed by atoms with E-state index in [1.165, 1.54) is 18.2 Å². The number of hydrogen-bond acceptors (Lipinski definition) is 8. The first-order valence-corrected chi connectivity index (χ1v) is 9.52. The van der Waals surface area contributed by atoms with Crippen LogP contribution < -0.4 is 5.32 Å². The van der Waals surface area contributed by atoms with E-state index in [4.69, 9.17) is 4.74 Å². The summed E-state index contributed by atoms with van der Waals surface area (Å²) in [6, 6.07) is 10.2. The summed E-state index contributed by atoms with van der Waals surface area (Å²) in [5.41, 5.74) is 1.90. The third-order valence-corrected chi connectivity index (χ3v) is 5.10. The fourth-order valence-electron chi connectivity index (χ4n) is 3.71. The van der Waals surface area contributed by atoms with Gasteiger partial charge in [-0.1, -0.05) is 30.3 Å². The number of aliphatic hydroxyl groups excluding tert-OH is 3. The summed E-state index contributed by atoms with van der Waals surface area (Å²) in [4.78, 5) is 13.0. The second-order valence-electron chi connectivity index (χ2n) is 7.95. The molecule has 9 heteroatoms. The molecule has 9 nitrogen and oxygen atoms in total. The van der Waals surface area contributed by atoms with Gasteiger partial charge in [0.05, 0.1) is 12.9 Å². The number of anilines is 1. The maximum atomic E-state index is 10.3. The first-order chi connectivity index (χ1) is 13.9. The van der Waals surface area contributed by atoms with Crippen LogP contribution in [0, 0.1) is 0 Å². The zero-order valence-electron chi connectivity index (χ0n) is 16.3. The van der Waals surface area contributed by atoms with Crippen molar-refractivity contribution in [1.29, 1.82) is 0 Å². The van der Waals surface area contributed by atoms with E-state index in [2.05, 4.69) is 46.2 Å². The number of nitrogens with zero attached hydrogens (tertiary/aromatic N) is 4. The molecule has 0 amide bonds. The Kier molecular flexibility index (Phi) is 5.22. The van der Waals surface area contributed by atoms with Gasteiger partial charge < -0.3 is 25.4 Å². The van der Waals surface area contributed by atoms with Crippen LogP contribution in [0.5, 0.6) is 0 Å². The molecule has 0 aliphatic carbocycles. The van der Waals surface area contributed by atoms with Gasteiger partial charge in [0.1, 0.15) is 24.6 Å². The van der Waals surface area contributed by atoms with E-state index in [-0.39, 0.29) is 5.54 Å². The lowest BCUT2D eigenvalue weighted by Crippen LogP contribution is -2.34. The second-order valence-corrected chi connectivity index (χ2v) is 7.95. The number of nitrogens with one attached hydrogen (secondary N) is 1. The van der Waals surface area contributed by atoms with Crippen LogP contribution >= 0.6 is 0 Å². The van der Waals surface area contributed by atoms with Crippen molar-refractivity contribution in [2.75, 3.05) is 11.9 Å². The number of benzene rings is 1. The number of aromatic nitrogens is 4. The number of hydrogen-bond donors (Lipinski definition) is 4. The van der Waals surface area contributed by atoms with Gasteiger partial charge in [-0.25, -0.2) is 15.0 Å². The molecule has 1 saturated heterocycles. The van der Waals surface area contributed by atoms with Gasteiger partial charge in [-0.15, -0.1) is 0 Å². The van der Waals surface area contributed by atoms with E-state index < -0.39 is 31.1 Å². The minimum absolute atomic E-state index is 0.298. The van der Waals surface area contributed by atoms with E-state index in [1.807, 2.05) is 18.2 Å². The molecule has 1 aromatic carbocycles. The number of imidazole rings is 1. The smallest absolute Gasteiger partial charge is 0.167 e. The van der Waals surface area contributed by atoms with Gasteiger partial charge in [0, 0.05) is 5.54 Å². The molecule has 29 heavy (non-hydrogen) atoms. The normalized spacial score (nSPS) is 24.9. The zero-order valence-corrected chi connectivity index (χ0v) is 16.3. The van der Waals surface area contributed by atoms with Crippen molar-refractivity contribution < 1.29 is 20.1 Å². The Labute approximate surface area is 168 Å². The van der Waals surface area contributed by atoms with Gasteiger partial charge in [-0.2, -0.15) is 0 Å². The van der Waals surface area contributed by atoms with Gasteiger partial charge in [0.2, 0.25) is 0 Å². The number of rotatable bonds is 6. The van der Waals surface area contributed by atoms with Crippen molar-refractivity contribution in [3.8, 4) is 0 Å². The average molecular weight is 399 g/mol. The molecular formula is C20H25N5O4. The molecule has 3 heterocycles. The van der Waals surface area contributed by atoms with E-state index in [0.29, 0.717) is 17.0 Å². The predicted octanol–water partition coefficient (Wildman–Crippen LogP) is 0.871. The Morgan fingerprint density at radius 3 is 2.55 bits per heavy atom. The third kappa shape index (κ3) is 3.82. The summed E-state index contributed by atoms with van der Waals surface area (Å²) in [5, 5.41) is 33.1. The standard InChI is InChI=1S/C20H25N5O4/c1-20(2,8-12-6-4-3-5-7-12)24-17-14-18(22-10-21-17)25(11-23-14)19-16(28)15(27)13(9-26)29-19/h3-7,10-11,13,15-16,19,26-28H,8-9H2,1-2H3,(H,21,22,24)/t13-,15-,16-,19?/m1/s1. The molecule has 1 unspecified atom stereocenters. The number of ether oxygens (including phenoxy) is 1.